The van der Waals surface area contributed by atoms with Crippen LogP contribution in [0.1, 0.15) is 21.6 Å². The van der Waals surface area contributed by atoms with Gasteiger partial charge in [0.25, 0.3) is 5.91 Å². The Balaban J connectivity index is 1.72. The minimum Gasteiger partial charge on any atom is -0.486 e. The number of ether oxygens (including phenoxy) is 2. The average molecular weight is 380 g/mol. The van der Waals surface area contributed by atoms with Crippen molar-refractivity contribution in [2.24, 2.45) is 5.73 Å². The van der Waals surface area contributed by atoms with Gasteiger partial charge in [-0.25, -0.2) is 4.39 Å². The minimum absolute atomic E-state index is 0.258. The molecule has 0 saturated carbocycles. The van der Waals surface area contributed by atoms with Gasteiger partial charge >= 0.3 is 0 Å². The van der Waals surface area contributed by atoms with Crippen LogP contribution >= 0.6 is 0 Å². The van der Waals surface area contributed by atoms with Gasteiger partial charge in [-0.2, -0.15) is 0 Å². The zero-order valence-corrected chi connectivity index (χ0v) is 15.6. The first-order valence-corrected chi connectivity index (χ1v) is 9.17. The smallest absolute Gasteiger partial charge is 0.250 e. The molecule has 0 saturated heterocycles. The molecule has 0 fully saturated rings. The van der Waals surface area contributed by atoms with E-state index in [4.69, 9.17) is 15.2 Å². The Morgan fingerprint density at radius 2 is 1.89 bits per heavy atom. The maximum Gasteiger partial charge on any atom is 0.250 e. The van der Waals surface area contributed by atoms with Gasteiger partial charge in [0.2, 0.25) is 0 Å². The van der Waals surface area contributed by atoms with Gasteiger partial charge in [0.15, 0.2) is 11.5 Å². The number of hydrogen-bond donors (Lipinski definition) is 1. The van der Waals surface area contributed by atoms with Gasteiger partial charge in [-0.3, -0.25) is 4.79 Å². The predicted molar refractivity (Wildman–Crippen MR) is 104 cm³/mol. The summed E-state index contributed by atoms with van der Waals surface area (Å²) >= 11 is 0. The van der Waals surface area contributed by atoms with Crippen molar-refractivity contribution in [3.05, 3.63) is 71.2 Å². The Hall–Kier alpha value is -3.28. The summed E-state index contributed by atoms with van der Waals surface area (Å²) in [5.74, 6) is 0.659. The van der Waals surface area contributed by atoms with Crippen LogP contribution in [0, 0.1) is 12.7 Å². The highest BCUT2D eigenvalue weighted by Crippen LogP contribution is 2.36. The number of aromatic nitrogens is 1. The topological polar surface area (TPSA) is 66.5 Å². The van der Waals surface area contributed by atoms with E-state index in [1.54, 1.807) is 12.1 Å². The van der Waals surface area contributed by atoms with Gasteiger partial charge in [-0.05, 0) is 55.3 Å². The lowest BCUT2D eigenvalue weighted by Gasteiger charge is -2.19. The fraction of sp³-hybridized carbons (Fsp3) is 0.227. The van der Waals surface area contributed by atoms with E-state index >= 15 is 0 Å². The van der Waals surface area contributed by atoms with Crippen LogP contribution < -0.4 is 15.2 Å². The first-order valence-electron chi connectivity index (χ1n) is 9.17. The monoisotopic (exact) mass is 380 g/mol. The van der Waals surface area contributed by atoms with Crippen LogP contribution in [-0.2, 0) is 13.0 Å². The number of benzene rings is 2. The van der Waals surface area contributed by atoms with Crippen molar-refractivity contribution in [3.8, 4) is 22.8 Å². The maximum absolute atomic E-state index is 13.5. The highest BCUT2D eigenvalue weighted by Gasteiger charge is 2.19. The lowest BCUT2D eigenvalue weighted by atomic mass is 10.1. The highest BCUT2D eigenvalue weighted by atomic mass is 19.1. The number of carbonyl (C=O) groups is 1. The van der Waals surface area contributed by atoms with Crippen molar-refractivity contribution in [3.63, 3.8) is 0 Å². The molecule has 0 bridgehead atoms. The molecule has 28 heavy (non-hydrogen) atoms. The fourth-order valence-corrected chi connectivity index (χ4v) is 3.56. The number of primary amides is 1. The maximum atomic E-state index is 13.5. The standard InChI is InChI=1S/C22H21FN2O3/c1-14-18(22(24)26)13-19(16-5-6-20-21(12-16)28-10-9-27-20)25(14)8-7-15-3-2-4-17(23)11-15/h2-6,11-13H,7-10H2,1H3,(H2,24,26). The molecule has 0 aliphatic carbocycles. The molecule has 0 unspecified atom stereocenters. The molecule has 1 aliphatic rings. The second-order valence-corrected chi connectivity index (χ2v) is 6.78. The number of nitrogens with zero attached hydrogens (tertiary/aromatic N) is 1. The second-order valence-electron chi connectivity index (χ2n) is 6.78. The van der Waals surface area contributed by atoms with Gasteiger partial charge in [0.1, 0.15) is 19.0 Å². The van der Waals surface area contributed by atoms with E-state index in [9.17, 15) is 9.18 Å². The SMILES string of the molecule is Cc1c(C(N)=O)cc(-c2ccc3c(c2)OCCO3)n1CCc1cccc(F)c1. The minimum atomic E-state index is -0.471. The first-order chi connectivity index (χ1) is 13.5. The molecule has 0 atom stereocenters. The average Bonchev–Trinajstić information content (AvgIpc) is 3.02. The molecule has 0 spiro atoms. The molecule has 2 N–H and O–H groups in total. The zero-order chi connectivity index (χ0) is 19.7. The third-order valence-electron chi connectivity index (χ3n) is 4.98. The first kappa shape index (κ1) is 18.1. The van der Waals surface area contributed by atoms with E-state index in [1.807, 2.05) is 35.8 Å². The molecule has 144 valence electrons. The van der Waals surface area contributed by atoms with Crippen LogP contribution in [0.4, 0.5) is 4.39 Å². The summed E-state index contributed by atoms with van der Waals surface area (Å²) in [4.78, 5) is 11.9. The predicted octanol–water partition coefficient (Wildman–Crippen LogP) is 3.72. The van der Waals surface area contributed by atoms with Crippen LogP contribution in [0.15, 0.2) is 48.5 Å². The molecular weight excluding hydrogens is 359 g/mol. The van der Waals surface area contributed by atoms with Gasteiger partial charge in [0.05, 0.1) is 5.56 Å². The van der Waals surface area contributed by atoms with E-state index in [0.717, 1.165) is 22.5 Å². The number of amides is 1. The van der Waals surface area contributed by atoms with Crippen molar-refractivity contribution in [1.82, 2.24) is 4.57 Å². The van der Waals surface area contributed by atoms with Gasteiger partial charge in [0, 0.05) is 23.5 Å². The van der Waals surface area contributed by atoms with E-state index in [2.05, 4.69) is 0 Å². The van der Waals surface area contributed by atoms with E-state index in [1.165, 1.54) is 12.1 Å². The fourth-order valence-electron chi connectivity index (χ4n) is 3.56. The Kier molecular flexibility index (Phi) is 4.77. The summed E-state index contributed by atoms with van der Waals surface area (Å²) < 4.78 is 26.8. The molecule has 6 heteroatoms. The number of halogens is 1. The normalized spacial score (nSPS) is 12.8. The van der Waals surface area contributed by atoms with Crippen molar-refractivity contribution in [1.29, 1.82) is 0 Å². The summed E-state index contributed by atoms with van der Waals surface area (Å²) in [7, 11) is 0. The van der Waals surface area contributed by atoms with E-state index < -0.39 is 5.91 Å². The highest BCUT2D eigenvalue weighted by molar-refractivity contribution is 5.95. The van der Waals surface area contributed by atoms with Gasteiger partial charge < -0.3 is 19.8 Å². The summed E-state index contributed by atoms with van der Waals surface area (Å²) in [6.45, 7) is 3.49. The number of hydrogen-bond acceptors (Lipinski definition) is 3. The number of nitrogens with two attached hydrogens (primary N) is 1. The Bertz CT molecular complexity index is 1040. The van der Waals surface area contributed by atoms with Crippen molar-refractivity contribution in [2.45, 2.75) is 19.9 Å². The molecule has 2 aromatic carbocycles. The second kappa shape index (κ2) is 7.38. The molecular formula is C22H21FN2O3. The molecule has 5 nitrogen and oxygen atoms in total. The van der Waals surface area contributed by atoms with Crippen LogP contribution in [-0.4, -0.2) is 23.7 Å². The molecule has 1 amide bonds. The lowest BCUT2D eigenvalue weighted by Crippen LogP contribution is -2.15. The number of carbonyl (C=O) groups excluding carboxylic acids is 1. The summed E-state index contributed by atoms with van der Waals surface area (Å²) in [5.41, 5.74) is 9.48. The summed E-state index contributed by atoms with van der Waals surface area (Å²) in [6.07, 6.45) is 0.628. The Morgan fingerprint density at radius 1 is 1.11 bits per heavy atom. The third-order valence-corrected chi connectivity index (χ3v) is 4.98. The van der Waals surface area contributed by atoms with Crippen LogP contribution in [0.25, 0.3) is 11.3 Å². The molecule has 2 heterocycles. The Labute approximate surface area is 162 Å². The summed E-state index contributed by atoms with van der Waals surface area (Å²) in [6, 6.07) is 14.1. The largest absolute Gasteiger partial charge is 0.486 e. The van der Waals surface area contributed by atoms with E-state index in [-0.39, 0.29) is 5.82 Å². The molecule has 4 rings (SSSR count). The quantitative estimate of drug-likeness (QED) is 0.734. The number of rotatable bonds is 5. The van der Waals surface area contributed by atoms with Crippen molar-refractivity contribution < 1.29 is 18.7 Å². The van der Waals surface area contributed by atoms with Crippen LogP contribution in [0.3, 0.4) is 0 Å². The molecule has 1 aliphatic heterocycles. The zero-order valence-electron chi connectivity index (χ0n) is 15.6. The van der Waals surface area contributed by atoms with Crippen LogP contribution in [0.5, 0.6) is 11.5 Å². The van der Waals surface area contributed by atoms with Gasteiger partial charge in [-0.1, -0.05) is 12.1 Å². The van der Waals surface area contributed by atoms with Crippen LogP contribution in [0.2, 0.25) is 0 Å². The molecule has 1 aromatic heterocycles. The van der Waals surface area contributed by atoms with Crippen molar-refractivity contribution >= 4 is 5.91 Å². The molecule has 0 radical (unpaired) electrons. The van der Waals surface area contributed by atoms with Crippen molar-refractivity contribution in [2.75, 3.05) is 13.2 Å². The third kappa shape index (κ3) is 3.45. The van der Waals surface area contributed by atoms with Gasteiger partial charge in [-0.15, -0.1) is 0 Å². The number of aryl methyl sites for hydroxylation is 1. The Morgan fingerprint density at radius 3 is 2.64 bits per heavy atom. The lowest BCUT2D eigenvalue weighted by molar-refractivity contribution is 0.0999. The van der Waals surface area contributed by atoms with E-state index in [0.29, 0.717) is 43.2 Å². The molecule has 3 aromatic rings. The number of fused-ring (bicyclic) bond motifs is 1. The summed E-state index contributed by atoms with van der Waals surface area (Å²) in [5, 5.41) is 0.